The van der Waals surface area contributed by atoms with Crippen molar-refractivity contribution in [3.63, 3.8) is 0 Å². The van der Waals surface area contributed by atoms with E-state index in [1.165, 1.54) is 0 Å². The summed E-state index contributed by atoms with van der Waals surface area (Å²) in [5.74, 6) is 0.414. The van der Waals surface area contributed by atoms with Gasteiger partial charge in [-0.2, -0.15) is 0 Å². The van der Waals surface area contributed by atoms with Gasteiger partial charge in [0, 0.05) is 22.8 Å². The number of para-hydroxylation sites is 1. The maximum absolute atomic E-state index is 12.5. The number of carbonyl (C=O) groups is 1. The van der Waals surface area contributed by atoms with Crippen molar-refractivity contribution >= 4 is 23.5 Å². The van der Waals surface area contributed by atoms with Gasteiger partial charge in [0.1, 0.15) is 18.5 Å². The second kappa shape index (κ2) is 11.6. The highest BCUT2D eigenvalue weighted by Crippen LogP contribution is 2.35. The van der Waals surface area contributed by atoms with E-state index >= 15 is 0 Å². The molecule has 0 spiro atoms. The molecule has 2 rings (SSSR count). The Bertz CT molecular complexity index is 738. The van der Waals surface area contributed by atoms with Crippen molar-refractivity contribution in [2.45, 2.75) is 24.3 Å². The fraction of sp³-hybridized carbons (Fsp3) is 0.381. The Kier molecular flexibility index (Phi) is 9.13. The first-order chi connectivity index (χ1) is 13.6. The Morgan fingerprint density at radius 3 is 2.46 bits per heavy atom. The van der Waals surface area contributed by atoms with Crippen LogP contribution in [0.1, 0.15) is 25.0 Å². The molecule has 0 fully saturated rings. The second-order valence-corrected chi connectivity index (χ2v) is 7.16. The zero-order valence-corrected chi connectivity index (χ0v) is 16.9. The molecule has 6 nitrogen and oxygen atoms in total. The highest BCUT2D eigenvalue weighted by atomic mass is 32.2. The largest absolute Gasteiger partial charge is 0.491 e. The van der Waals surface area contributed by atoms with Crippen LogP contribution in [0.2, 0.25) is 0 Å². The topological polar surface area (TPSA) is 88.0 Å². The Labute approximate surface area is 169 Å². The van der Waals surface area contributed by atoms with Gasteiger partial charge in [-0.15, -0.1) is 11.8 Å². The summed E-state index contributed by atoms with van der Waals surface area (Å²) in [5, 5.41) is 21.1. The van der Waals surface area contributed by atoms with Gasteiger partial charge in [0.05, 0.1) is 6.61 Å². The SMILES string of the molecule is CSc1ccc(NC(=O)O[C@@H](c2ccccc2OCCO)[C@H](C)CCO)cc1. The van der Waals surface area contributed by atoms with Crippen molar-refractivity contribution in [2.75, 3.05) is 31.4 Å². The van der Waals surface area contributed by atoms with Crippen molar-refractivity contribution in [1.29, 1.82) is 0 Å². The maximum Gasteiger partial charge on any atom is 0.412 e. The van der Waals surface area contributed by atoms with Gasteiger partial charge in [-0.1, -0.05) is 25.1 Å². The van der Waals surface area contributed by atoms with E-state index in [0.717, 1.165) is 4.90 Å². The third-order valence-electron chi connectivity index (χ3n) is 4.25. The molecule has 2 aromatic carbocycles. The summed E-state index contributed by atoms with van der Waals surface area (Å²) >= 11 is 1.62. The van der Waals surface area contributed by atoms with Crippen molar-refractivity contribution in [3.05, 3.63) is 54.1 Å². The Morgan fingerprint density at radius 1 is 1.11 bits per heavy atom. The van der Waals surface area contributed by atoms with Gasteiger partial charge in [0.25, 0.3) is 0 Å². The summed E-state index contributed by atoms with van der Waals surface area (Å²) in [7, 11) is 0. The number of ether oxygens (including phenoxy) is 2. The highest BCUT2D eigenvalue weighted by Gasteiger charge is 2.26. The van der Waals surface area contributed by atoms with Crippen molar-refractivity contribution < 1.29 is 24.5 Å². The number of nitrogens with one attached hydrogen (secondary N) is 1. The average Bonchev–Trinajstić information content (AvgIpc) is 2.71. The van der Waals surface area contributed by atoms with E-state index in [9.17, 15) is 9.90 Å². The van der Waals surface area contributed by atoms with Crippen LogP contribution >= 0.6 is 11.8 Å². The molecular weight excluding hydrogens is 378 g/mol. The van der Waals surface area contributed by atoms with E-state index in [1.54, 1.807) is 17.8 Å². The molecular formula is C21H27NO5S. The normalized spacial score (nSPS) is 12.9. The molecule has 7 heteroatoms. The van der Waals surface area contributed by atoms with Crippen LogP contribution in [-0.2, 0) is 4.74 Å². The number of hydrogen-bond donors (Lipinski definition) is 3. The highest BCUT2D eigenvalue weighted by molar-refractivity contribution is 7.98. The van der Waals surface area contributed by atoms with Gasteiger partial charge >= 0.3 is 6.09 Å². The molecule has 0 aliphatic heterocycles. The number of aliphatic hydroxyl groups is 2. The van der Waals surface area contributed by atoms with Crippen molar-refractivity contribution in [2.24, 2.45) is 5.92 Å². The van der Waals surface area contributed by atoms with E-state index < -0.39 is 12.2 Å². The fourth-order valence-electron chi connectivity index (χ4n) is 2.78. The monoisotopic (exact) mass is 405 g/mol. The molecule has 0 aliphatic carbocycles. The summed E-state index contributed by atoms with van der Waals surface area (Å²) in [4.78, 5) is 13.6. The number of thioether (sulfide) groups is 1. The smallest absolute Gasteiger partial charge is 0.412 e. The predicted octanol–water partition coefficient (Wildman–Crippen LogP) is 4.09. The number of rotatable bonds is 10. The molecule has 0 heterocycles. The summed E-state index contributed by atoms with van der Waals surface area (Å²) in [5.41, 5.74) is 1.34. The minimum Gasteiger partial charge on any atom is -0.491 e. The van der Waals surface area contributed by atoms with E-state index in [4.69, 9.17) is 14.6 Å². The average molecular weight is 406 g/mol. The number of aliphatic hydroxyl groups excluding tert-OH is 2. The Morgan fingerprint density at radius 2 is 1.82 bits per heavy atom. The first-order valence-electron chi connectivity index (χ1n) is 9.14. The first kappa shape index (κ1) is 22.1. The number of benzene rings is 2. The summed E-state index contributed by atoms with van der Waals surface area (Å²) < 4.78 is 11.3. The third kappa shape index (κ3) is 6.44. The first-order valence-corrected chi connectivity index (χ1v) is 10.4. The van der Waals surface area contributed by atoms with Crippen LogP contribution in [-0.4, -0.2) is 42.4 Å². The van der Waals surface area contributed by atoms with Gasteiger partial charge in [-0.25, -0.2) is 4.79 Å². The zero-order valence-electron chi connectivity index (χ0n) is 16.1. The minimum atomic E-state index is -0.604. The molecule has 152 valence electrons. The molecule has 0 aromatic heterocycles. The van der Waals surface area contributed by atoms with Gasteiger partial charge in [-0.05, 0) is 48.9 Å². The molecule has 28 heavy (non-hydrogen) atoms. The number of hydrogen-bond acceptors (Lipinski definition) is 6. The number of carbonyl (C=O) groups excluding carboxylic acids is 1. The zero-order chi connectivity index (χ0) is 20.4. The quantitative estimate of drug-likeness (QED) is 0.516. The van der Waals surface area contributed by atoms with Gasteiger partial charge in [0.2, 0.25) is 0 Å². The molecule has 2 atom stereocenters. The molecule has 0 radical (unpaired) electrons. The maximum atomic E-state index is 12.5. The standard InChI is InChI=1S/C21H27NO5S/c1-15(11-12-23)20(18-5-3-4-6-19(18)26-14-13-24)27-21(25)22-16-7-9-17(28-2)10-8-16/h3-10,15,20,23-24H,11-14H2,1-2H3,(H,22,25)/t15-,20-/m1/s1. The van der Waals surface area contributed by atoms with Crippen LogP contribution in [0.3, 0.4) is 0 Å². The number of anilines is 1. The molecule has 3 N–H and O–H groups in total. The van der Waals surface area contributed by atoms with Crippen LogP contribution in [0.25, 0.3) is 0 Å². The van der Waals surface area contributed by atoms with Crippen molar-refractivity contribution in [1.82, 2.24) is 0 Å². The molecule has 1 amide bonds. The second-order valence-electron chi connectivity index (χ2n) is 6.28. The van der Waals surface area contributed by atoms with E-state index in [-0.39, 0.29) is 25.7 Å². The summed E-state index contributed by atoms with van der Waals surface area (Å²) in [6.45, 7) is 1.92. The summed E-state index contributed by atoms with van der Waals surface area (Å²) in [6.07, 6.45) is 1.27. The van der Waals surface area contributed by atoms with Gasteiger partial charge < -0.3 is 19.7 Å². The lowest BCUT2D eigenvalue weighted by molar-refractivity contribution is 0.0641. The lowest BCUT2D eigenvalue weighted by Gasteiger charge is -2.26. The van der Waals surface area contributed by atoms with Gasteiger partial charge in [-0.3, -0.25) is 5.32 Å². The molecule has 0 saturated carbocycles. The lowest BCUT2D eigenvalue weighted by Crippen LogP contribution is -2.23. The Hall–Kier alpha value is -2.22. The van der Waals surface area contributed by atoms with E-state index in [1.807, 2.05) is 55.6 Å². The summed E-state index contributed by atoms with van der Waals surface area (Å²) in [6, 6.07) is 14.7. The minimum absolute atomic E-state index is 0.0154. The Balaban J connectivity index is 2.17. The lowest BCUT2D eigenvalue weighted by atomic mass is 9.94. The fourth-order valence-corrected chi connectivity index (χ4v) is 3.19. The van der Waals surface area contributed by atoms with Crippen LogP contribution in [0, 0.1) is 5.92 Å². The molecule has 0 bridgehead atoms. The van der Waals surface area contributed by atoms with E-state index in [0.29, 0.717) is 23.4 Å². The third-order valence-corrected chi connectivity index (χ3v) is 4.99. The van der Waals surface area contributed by atoms with E-state index in [2.05, 4.69) is 5.32 Å². The van der Waals surface area contributed by atoms with Crippen molar-refractivity contribution in [3.8, 4) is 5.75 Å². The van der Waals surface area contributed by atoms with Gasteiger partial charge in [0.15, 0.2) is 0 Å². The van der Waals surface area contributed by atoms with Crippen LogP contribution in [0.4, 0.5) is 10.5 Å². The molecule has 2 aromatic rings. The van der Waals surface area contributed by atoms with Crippen LogP contribution in [0.5, 0.6) is 5.75 Å². The molecule has 0 unspecified atom stereocenters. The number of amides is 1. The van der Waals surface area contributed by atoms with Crippen LogP contribution < -0.4 is 10.1 Å². The predicted molar refractivity (Wildman–Crippen MR) is 111 cm³/mol. The van der Waals surface area contributed by atoms with Crippen LogP contribution in [0.15, 0.2) is 53.4 Å². The molecule has 0 aliphatic rings. The molecule has 0 saturated heterocycles.